The van der Waals surface area contributed by atoms with Crippen LogP contribution in [0.5, 0.6) is 0 Å². The van der Waals surface area contributed by atoms with E-state index < -0.39 is 34.0 Å². The highest BCUT2D eigenvalue weighted by Crippen LogP contribution is 2.15. The maximum absolute atomic E-state index is 12.3. The number of hydrogen-bond donors (Lipinski definition) is 2. The van der Waals surface area contributed by atoms with Crippen molar-refractivity contribution in [2.75, 3.05) is 5.32 Å². The van der Waals surface area contributed by atoms with Crippen LogP contribution in [-0.2, 0) is 24.3 Å². The van der Waals surface area contributed by atoms with Crippen molar-refractivity contribution in [2.45, 2.75) is 30.9 Å². The minimum absolute atomic E-state index is 0.0651. The van der Waals surface area contributed by atoms with Crippen LogP contribution < -0.4 is 10.0 Å². The lowest BCUT2D eigenvalue weighted by Gasteiger charge is -2.17. The normalized spacial score (nSPS) is 13.0. The number of halogens is 1. The molecule has 2 unspecified atom stereocenters. The van der Waals surface area contributed by atoms with Gasteiger partial charge in [0.05, 0.1) is 16.5 Å². The van der Waals surface area contributed by atoms with Gasteiger partial charge in [-0.25, -0.2) is 8.42 Å². The summed E-state index contributed by atoms with van der Waals surface area (Å²) in [6, 6.07) is 12.4. The number of rotatable bonds is 7. The van der Waals surface area contributed by atoms with Gasteiger partial charge >= 0.3 is 5.97 Å². The van der Waals surface area contributed by atoms with E-state index in [1.165, 1.54) is 44.2 Å². The van der Waals surface area contributed by atoms with E-state index in [-0.39, 0.29) is 4.90 Å². The van der Waals surface area contributed by atoms with Crippen LogP contribution in [0.15, 0.2) is 53.4 Å². The van der Waals surface area contributed by atoms with Crippen molar-refractivity contribution in [3.05, 3.63) is 59.1 Å². The highest BCUT2D eigenvalue weighted by Gasteiger charge is 2.26. The number of anilines is 1. The summed E-state index contributed by atoms with van der Waals surface area (Å²) in [6.45, 7) is 2.65. The van der Waals surface area contributed by atoms with Gasteiger partial charge in [0.15, 0.2) is 6.10 Å². The van der Waals surface area contributed by atoms with Crippen molar-refractivity contribution >= 4 is 39.2 Å². The molecule has 2 rings (SSSR count). The third-order valence-electron chi connectivity index (χ3n) is 3.73. The molecule has 0 aliphatic carbocycles. The zero-order chi connectivity index (χ0) is 21.6. The molecule has 0 fully saturated rings. The molecule has 29 heavy (non-hydrogen) atoms. The Morgan fingerprint density at radius 2 is 1.79 bits per heavy atom. The molecular formula is C19H18ClN3O5S. The Morgan fingerprint density at radius 1 is 1.14 bits per heavy atom. The van der Waals surface area contributed by atoms with Crippen LogP contribution in [-0.4, -0.2) is 32.4 Å². The number of ether oxygens (including phenoxy) is 1. The van der Waals surface area contributed by atoms with Gasteiger partial charge in [-0.3, -0.25) is 9.59 Å². The molecular weight excluding hydrogens is 418 g/mol. The van der Waals surface area contributed by atoms with Crippen LogP contribution in [0, 0.1) is 11.3 Å². The molecule has 0 spiro atoms. The monoisotopic (exact) mass is 435 g/mol. The molecule has 0 saturated heterocycles. The average molecular weight is 436 g/mol. The van der Waals surface area contributed by atoms with Crippen LogP contribution in [0.25, 0.3) is 0 Å². The van der Waals surface area contributed by atoms with Gasteiger partial charge in [0.25, 0.3) is 5.91 Å². The Morgan fingerprint density at radius 3 is 2.41 bits per heavy atom. The predicted molar refractivity (Wildman–Crippen MR) is 107 cm³/mol. The van der Waals surface area contributed by atoms with Gasteiger partial charge in [-0.1, -0.05) is 17.7 Å². The van der Waals surface area contributed by atoms with E-state index >= 15 is 0 Å². The van der Waals surface area contributed by atoms with Gasteiger partial charge in [0.2, 0.25) is 10.0 Å². The predicted octanol–water partition coefficient (Wildman–Crippen LogP) is 2.45. The van der Waals surface area contributed by atoms with Gasteiger partial charge in [-0.2, -0.15) is 9.98 Å². The number of carbonyl (C=O) groups excluding carboxylic acids is 2. The van der Waals surface area contributed by atoms with Crippen LogP contribution in [0.3, 0.4) is 0 Å². The Balaban J connectivity index is 1.96. The maximum Gasteiger partial charge on any atom is 0.324 e. The first kappa shape index (κ1) is 22.4. The molecule has 0 heterocycles. The summed E-state index contributed by atoms with van der Waals surface area (Å²) in [6.07, 6.45) is -1.18. The molecule has 152 valence electrons. The smallest absolute Gasteiger partial charge is 0.324 e. The van der Waals surface area contributed by atoms with Crippen molar-refractivity contribution in [2.24, 2.45) is 0 Å². The van der Waals surface area contributed by atoms with Gasteiger partial charge in [-0.05, 0) is 56.3 Å². The first-order valence-electron chi connectivity index (χ1n) is 8.42. The Kier molecular flexibility index (Phi) is 7.34. The van der Waals surface area contributed by atoms with E-state index in [4.69, 9.17) is 21.6 Å². The Hall–Kier alpha value is -2.93. The fraction of sp³-hybridized carbons (Fsp3) is 0.211. The summed E-state index contributed by atoms with van der Waals surface area (Å²) in [5.74, 6) is -1.54. The largest absolute Gasteiger partial charge is 0.451 e. The minimum atomic E-state index is -3.97. The summed E-state index contributed by atoms with van der Waals surface area (Å²) in [7, 11) is -3.97. The Labute approximate surface area is 173 Å². The third-order valence-corrected chi connectivity index (χ3v) is 5.54. The van der Waals surface area contributed by atoms with Crippen LogP contribution >= 0.6 is 11.6 Å². The summed E-state index contributed by atoms with van der Waals surface area (Å²) in [5.41, 5.74) is 0.728. The lowest BCUT2D eigenvalue weighted by Crippen LogP contribution is -2.42. The quantitative estimate of drug-likeness (QED) is 0.643. The number of nitriles is 1. The number of carbonyl (C=O) groups is 2. The number of sulfonamides is 1. The summed E-state index contributed by atoms with van der Waals surface area (Å²) in [5, 5.41) is 11.8. The molecule has 2 N–H and O–H groups in total. The standard InChI is InChI=1S/C19H18ClN3O5S/c1-12(23-29(26,27)17-8-6-15(20)7-9-17)19(25)28-13(2)18(24)22-16-5-3-4-14(10-16)11-21/h3-10,12-13,23H,1-2H3,(H,22,24). The fourth-order valence-electron chi connectivity index (χ4n) is 2.20. The molecule has 8 nitrogen and oxygen atoms in total. The van der Waals surface area contributed by atoms with Crippen molar-refractivity contribution in [1.82, 2.24) is 4.72 Å². The number of nitrogens with one attached hydrogen (secondary N) is 2. The highest BCUT2D eigenvalue weighted by atomic mass is 35.5. The number of amides is 1. The molecule has 2 atom stereocenters. The van der Waals surface area contributed by atoms with Crippen LogP contribution in [0.1, 0.15) is 19.4 Å². The Bertz CT molecular complexity index is 1050. The van der Waals surface area contributed by atoms with Crippen LogP contribution in [0.2, 0.25) is 5.02 Å². The van der Waals surface area contributed by atoms with E-state index in [2.05, 4.69) is 10.0 Å². The SMILES string of the molecule is CC(NS(=O)(=O)c1ccc(Cl)cc1)C(=O)OC(C)C(=O)Nc1cccc(C#N)c1. The minimum Gasteiger partial charge on any atom is -0.451 e. The van der Waals surface area contributed by atoms with E-state index in [9.17, 15) is 18.0 Å². The van der Waals surface area contributed by atoms with Gasteiger partial charge < -0.3 is 10.1 Å². The second-order valence-electron chi connectivity index (χ2n) is 6.06. The molecule has 2 aromatic rings. The molecule has 2 aromatic carbocycles. The van der Waals surface area contributed by atoms with Crippen molar-refractivity contribution in [3.8, 4) is 6.07 Å². The topological polar surface area (TPSA) is 125 Å². The zero-order valence-electron chi connectivity index (χ0n) is 15.5. The molecule has 0 radical (unpaired) electrons. The van der Waals surface area contributed by atoms with E-state index in [1.54, 1.807) is 18.2 Å². The van der Waals surface area contributed by atoms with Gasteiger partial charge in [-0.15, -0.1) is 0 Å². The second-order valence-corrected chi connectivity index (χ2v) is 8.21. The van der Waals surface area contributed by atoms with E-state index in [1.807, 2.05) is 6.07 Å². The molecule has 0 saturated carbocycles. The summed E-state index contributed by atoms with van der Waals surface area (Å²) in [4.78, 5) is 24.3. The molecule has 10 heteroatoms. The van der Waals surface area contributed by atoms with E-state index in [0.717, 1.165) is 0 Å². The molecule has 0 bridgehead atoms. The maximum atomic E-state index is 12.3. The van der Waals surface area contributed by atoms with Gasteiger partial charge in [0.1, 0.15) is 6.04 Å². The molecule has 0 aliphatic heterocycles. The molecule has 1 amide bonds. The number of hydrogen-bond acceptors (Lipinski definition) is 6. The molecule has 0 aromatic heterocycles. The summed E-state index contributed by atoms with van der Waals surface area (Å²) >= 11 is 5.74. The van der Waals surface area contributed by atoms with Gasteiger partial charge in [0, 0.05) is 10.7 Å². The van der Waals surface area contributed by atoms with Crippen molar-refractivity contribution in [3.63, 3.8) is 0 Å². The fourth-order valence-corrected chi connectivity index (χ4v) is 3.52. The average Bonchev–Trinajstić information content (AvgIpc) is 2.67. The number of nitrogens with zero attached hydrogens (tertiary/aromatic N) is 1. The first-order valence-corrected chi connectivity index (χ1v) is 10.3. The van der Waals surface area contributed by atoms with Crippen molar-refractivity contribution in [1.29, 1.82) is 5.26 Å². The number of benzene rings is 2. The molecule has 0 aliphatic rings. The second kappa shape index (κ2) is 9.52. The van der Waals surface area contributed by atoms with Crippen molar-refractivity contribution < 1.29 is 22.7 Å². The van der Waals surface area contributed by atoms with Crippen LogP contribution in [0.4, 0.5) is 5.69 Å². The first-order chi connectivity index (χ1) is 13.6. The third kappa shape index (κ3) is 6.29. The summed E-state index contributed by atoms with van der Waals surface area (Å²) < 4.78 is 31.9. The number of esters is 1. The van der Waals surface area contributed by atoms with E-state index in [0.29, 0.717) is 16.3 Å². The highest BCUT2D eigenvalue weighted by molar-refractivity contribution is 7.89. The lowest BCUT2D eigenvalue weighted by molar-refractivity contribution is -0.154. The zero-order valence-corrected chi connectivity index (χ0v) is 17.1. The lowest BCUT2D eigenvalue weighted by atomic mass is 10.2.